The van der Waals surface area contributed by atoms with Gasteiger partial charge in [0.25, 0.3) is 0 Å². The molecule has 2 rings (SSSR count). The Morgan fingerprint density at radius 3 is 2.52 bits per heavy atom. The molecule has 1 aromatic rings. The van der Waals surface area contributed by atoms with Gasteiger partial charge in [-0.05, 0) is 24.6 Å². The summed E-state index contributed by atoms with van der Waals surface area (Å²) < 4.78 is 36.1. The maximum atomic E-state index is 12.0. The van der Waals surface area contributed by atoms with Gasteiger partial charge in [-0.3, -0.25) is 4.79 Å². The van der Waals surface area contributed by atoms with Crippen molar-refractivity contribution < 1.29 is 18.0 Å². The maximum absolute atomic E-state index is 12.0. The van der Waals surface area contributed by atoms with Crippen molar-refractivity contribution in [2.24, 2.45) is 0 Å². The number of halogens is 3. The maximum Gasteiger partial charge on any atom is 0.409 e. The number of aromatic nitrogens is 1. The van der Waals surface area contributed by atoms with Crippen LogP contribution in [0, 0.1) is 6.92 Å². The number of hydrogen-bond acceptors (Lipinski definition) is 3. The van der Waals surface area contributed by atoms with Crippen LogP contribution in [-0.2, 0) is 4.79 Å². The van der Waals surface area contributed by atoms with Gasteiger partial charge in [0, 0.05) is 44.5 Å². The lowest BCUT2D eigenvalue weighted by atomic mass is 10.2. The number of piperazine rings is 1. The van der Waals surface area contributed by atoms with Crippen molar-refractivity contribution in [3.05, 3.63) is 36.0 Å². The van der Waals surface area contributed by atoms with E-state index in [9.17, 15) is 18.0 Å². The molecule has 0 aliphatic carbocycles. The van der Waals surface area contributed by atoms with Gasteiger partial charge in [-0.15, -0.1) is 0 Å². The molecule has 114 valence electrons. The molecule has 0 N–H and O–H groups in total. The van der Waals surface area contributed by atoms with Crippen LogP contribution in [0.5, 0.6) is 0 Å². The number of amides is 1. The number of allylic oxidation sites excluding steroid dienone is 1. The molecule has 1 aromatic heterocycles. The lowest BCUT2D eigenvalue weighted by Gasteiger charge is -2.35. The first-order chi connectivity index (χ1) is 9.85. The van der Waals surface area contributed by atoms with Crippen LogP contribution in [0.3, 0.4) is 0 Å². The van der Waals surface area contributed by atoms with Gasteiger partial charge in [-0.2, -0.15) is 13.2 Å². The Morgan fingerprint density at radius 1 is 1.29 bits per heavy atom. The molecule has 1 amide bonds. The van der Waals surface area contributed by atoms with Crippen LogP contribution in [0.2, 0.25) is 0 Å². The van der Waals surface area contributed by atoms with Crippen molar-refractivity contribution in [1.29, 1.82) is 0 Å². The molecule has 0 unspecified atom stereocenters. The standard InChI is InChI=1S/C14H16F3N3O/c1-11-3-5-18-12(10-11)19-6-8-20(9-7-19)13(21)2-4-14(15,16)17/h2-5,10H,6-9H2,1H3/b4-2+. The predicted molar refractivity (Wildman–Crippen MR) is 73.0 cm³/mol. The minimum absolute atomic E-state index is 0.0240. The molecule has 1 aliphatic heterocycles. The van der Waals surface area contributed by atoms with Crippen LogP contribution >= 0.6 is 0 Å². The number of pyridine rings is 1. The summed E-state index contributed by atoms with van der Waals surface area (Å²) in [6, 6.07) is 3.84. The Balaban J connectivity index is 1.91. The number of carbonyl (C=O) groups is 1. The topological polar surface area (TPSA) is 36.4 Å². The van der Waals surface area contributed by atoms with Gasteiger partial charge >= 0.3 is 6.18 Å². The van der Waals surface area contributed by atoms with E-state index >= 15 is 0 Å². The third kappa shape index (κ3) is 4.47. The second-order valence-corrected chi connectivity index (χ2v) is 4.88. The molecule has 1 fully saturated rings. The van der Waals surface area contributed by atoms with E-state index in [1.54, 1.807) is 6.20 Å². The average molecular weight is 299 g/mol. The van der Waals surface area contributed by atoms with E-state index in [0.717, 1.165) is 11.4 Å². The molecule has 1 aliphatic rings. The van der Waals surface area contributed by atoms with Crippen LogP contribution in [0.4, 0.5) is 19.0 Å². The quantitative estimate of drug-likeness (QED) is 0.785. The second-order valence-electron chi connectivity index (χ2n) is 4.88. The molecular weight excluding hydrogens is 283 g/mol. The molecule has 1 saturated heterocycles. The first-order valence-electron chi connectivity index (χ1n) is 6.58. The van der Waals surface area contributed by atoms with E-state index in [0.29, 0.717) is 32.3 Å². The summed E-state index contributed by atoms with van der Waals surface area (Å²) in [5, 5.41) is 0. The number of carbonyl (C=O) groups excluding carboxylic acids is 1. The Hall–Kier alpha value is -2.05. The highest BCUT2D eigenvalue weighted by molar-refractivity contribution is 5.87. The Bertz CT molecular complexity index is 535. The van der Waals surface area contributed by atoms with Crippen LogP contribution in [-0.4, -0.2) is 48.1 Å². The number of hydrogen-bond donors (Lipinski definition) is 0. The summed E-state index contributed by atoms with van der Waals surface area (Å²) in [6.07, 6.45) is -2.18. The normalized spacial score (nSPS) is 16.6. The highest BCUT2D eigenvalue weighted by Crippen LogP contribution is 2.17. The van der Waals surface area contributed by atoms with Crippen molar-refractivity contribution in [3.8, 4) is 0 Å². The highest BCUT2D eigenvalue weighted by atomic mass is 19.4. The molecule has 0 bridgehead atoms. The SMILES string of the molecule is Cc1ccnc(N2CCN(C(=O)/C=C/C(F)(F)F)CC2)c1. The third-order valence-corrected chi connectivity index (χ3v) is 3.23. The predicted octanol–water partition coefficient (Wildman–Crippen LogP) is 2.16. The number of rotatable bonds is 2. The number of nitrogens with zero attached hydrogens (tertiary/aromatic N) is 3. The molecule has 0 spiro atoms. The summed E-state index contributed by atoms with van der Waals surface area (Å²) in [7, 11) is 0. The summed E-state index contributed by atoms with van der Waals surface area (Å²) in [5.41, 5.74) is 1.09. The van der Waals surface area contributed by atoms with Crippen molar-refractivity contribution in [2.45, 2.75) is 13.1 Å². The summed E-state index contributed by atoms with van der Waals surface area (Å²) in [4.78, 5) is 19.3. The van der Waals surface area contributed by atoms with Crippen molar-refractivity contribution in [3.63, 3.8) is 0 Å². The van der Waals surface area contributed by atoms with E-state index in [1.807, 2.05) is 24.0 Å². The van der Waals surface area contributed by atoms with Crippen LogP contribution in [0.25, 0.3) is 0 Å². The Kier molecular flexibility index (Phi) is 4.50. The summed E-state index contributed by atoms with van der Waals surface area (Å²) in [6.45, 7) is 3.85. The van der Waals surface area contributed by atoms with Gasteiger partial charge in [0.1, 0.15) is 5.82 Å². The molecule has 21 heavy (non-hydrogen) atoms. The molecule has 0 radical (unpaired) electrons. The fourth-order valence-corrected chi connectivity index (χ4v) is 2.12. The molecule has 0 atom stereocenters. The first kappa shape index (κ1) is 15.3. The smallest absolute Gasteiger partial charge is 0.353 e. The van der Waals surface area contributed by atoms with E-state index in [1.165, 1.54) is 4.90 Å². The third-order valence-electron chi connectivity index (χ3n) is 3.23. The van der Waals surface area contributed by atoms with Crippen LogP contribution < -0.4 is 4.90 Å². The fourth-order valence-electron chi connectivity index (χ4n) is 2.12. The largest absolute Gasteiger partial charge is 0.409 e. The zero-order valence-corrected chi connectivity index (χ0v) is 11.6. The first-order valence-corrected chi connectivity index (χ1v) is 6.58. The fraction of sp³-hybridized carbons (Fsp3) is 0.429. The zero-order chi connectivity index (χ0) is 15.5. The summed E-state index contributed by atoms with van der Waals surface area (Å²) in [5.74, 6) is 0.220. The van der Waals surface area contributed by atoms with Gasteiger partial charge in [0.2, 0.25) is 5.91 Å². The van der Waals surface area contributed by atoms with Gasteiger partial charge in [0.15, 0.2) is 0 Å². The molecule has 4 nitrogen and oxygen atoms in total. The molecule has 0 aromatic carbocycles. The lowest BCUT2D eigenvalue weighted by molar-refractivity contribution is -0.127. The number of aryl methyl sites for hydroxylation is 1. The summed E-state index contributed by atoms with van der Waals surface area (Å²) >= 11 is 0. The molecular formula is C14H16F3N3O. The number of anilines is 1. The average Bonchev–Trinajstić information content (AvgIpc) is 2.44. The van der Waals surface area contributed by atoms with Crippen molar-refractivity contribution in [2.75, 3.05) is 31.1 Å². The van der Waals surface area contributed by atoms with E-state index in [2.05, 4.69) is 4.98 Å². The van der Waals surface area contributed by atoms with Crippen molar-refractivity contribution in [1.82, 2.24) is 9.88 Å². The van der Waals surface area contributed by atoms with Crippen molar-refractivity contribution >= 4 is 11.7 Å². The van der Waals surface area contributed by atoms with E-state index < -0.39 is 12.1 Å². The second kappa shape index (κ2) is 6.15. The Labute approximate surface area is 120 Å². The molecule has 2 heterocycles. The van der Waals surface area contributed by atoms with Gasteiger partial charge in [-0.1, -0.05) is 0 Å². The highest BCUT2D eigenvalue weighted by Gasteiger charge is 2.25. The molecule has 7 heteroatoms. The minimum atomic E-state index is -4.46. The lowest BCUT2D eigenvalue weighted by Crippen LogP contribution is -2.48. The zero-order valence-electron chi connectivity index (χ0n) is 11.6. The van der Waals surface area contributed by atoms with E-state index in [-0.39, 0.29) is 6.08 Å². The van der Waals surface area contributed by atoms with Gasteiger partial charge in [0.05, 0.1) is 0 Å². The van der Waals surface area contributed by atoms with Gasteiger partial charge < -0.3 is 9.80 Å². The van der Waals surface area contributed by atoms with E-state index in [4.69, 9.17) is 0 Å². The molecule has 0 saturated carbocycles. The van der Waals surface area contributed by atoms with Crippen LogP contribution in [0.1, 0.15) is 5.56 Å². The Morgan fingerprint density at radius 2 is 1.95 bits per heavy atom. The van der Waals surface area contributed by atoms with Crippen LogP contribution in [0.15, 0.2) is 30.5 Å². The minimum Gasteiger partial charge on any atom is -0.353 e. The monoisotopic (exact) mass is 299 g/mol. The number of alkyl halides is 3. The van der Waals surface area contributed by atoms with Gasteiger partial charge in [-0.25, -0.2) is 4.98 Å².